The van der Waals surface area contributed by atoms with Crippen LogP contribution in [0.4, 0.5) is 4.39 Å². The van der Waals surface area contributed by atoms with Crippen molar-refractivity contribution >= 4 is 15.8 Å². The van der Waals surface area contributed by atoms with Gasteiger partial charge in [0.1, 0.15) is 6.67 Å². The second-order valence-corrected chi connectivity index (χ2v) is 23.1. The minimum absolute atomic E-state index is 0.00749. The largest absolute Gasteiger partial charge is 0.481 e. The fourth-order valence-electron chi connectivity index (χ4n) is 15.0. The van der Waals surface area contributed by atoms with Gasteiger partial charge in [0.15, 0.2) is 9.84 Å². The van der Waals surface area contributed by atoms with Crippen LogP contribution in [0.25, 0.3) is 0 Å². The Hall–Kier alpha value is -1.51. The van der Waals surface area contributed by atoms with Crippen molar-refractivity contribution in [2.75, 3.05) is 50.9 Å². The maximum Gasteiger partial charge on any atom is 0.312 e. The van der Waals surface area contributed by atoms with Gasteiger partial charge in [-0.2, -0.15) is 0 Å². The summed E-state index contributed by atoms with van der Waals surface area (Å²) in [6, 6.07) is 0. The molecule has 0 bridgehead atoms. The lowest BCUT2D eigenvalue weighted by molar-refractivity contribution is -0.226. The molecule has 10 atom stereocenters. The van der Waals surface area contributed by atoms with Gasteiger partial charge in [-0.25, -0.2) is 12.8 Å². The third-order valence-corrected chi connectivity index (χ3v) is 19.8. The van der Waals surface area contributed by atoms with Crippen LogP contribution in [0.3, 0.4) is 0 Å². The van der Waals surface area contributed by atoms with Gasteiger partial charge >= 0.3 is 5.97 Å². The molecule has 0 spiro atoms. The minimum atomic E-state index is -2.84. The van der Waals surface area contributed by atoms with Gasteiger partial charge in [0, 0.05) is 19.6 Å². The summed E-state index contributed by atoms with van der Waals surface area (Å²) < 4.78 is 37.8. The van der Waals surface area contributed by atoms with Gasteiger partial charge in [-0.15, -0.1) is 0 Å². The van der Waals surface area contributed by atoms with E-state index in [1.165, 1.54) is 68.1 Å². The van der Waals surface area contributed by atoms with Gasteiger partial charge in [0.25, 0.3) is 0 Å². The number of sulfone groups is 1. The molecule has 8 heteroatoms. The van der Waals surface area contributed by atoms with Crippen LogP contribution in [0.2, 0.25) is 0 Å². The van der Waals surface area contributed by atoms with Crippen LogP contribution in [-0.4, -0.2) is 75.3 Å². The molecule has 1 aliphatic heterocycles. The molecular weight excluding hydrogens is 684 g/mol. The van der Waals surface area contributed by atoms with Crippen LogP contribution in [0.15, 0.2) is 35.5 Å². The summed E-state index contributed by atoms with van der Waals surface area (Å²) in [5.41, 5.74) is 3.92. The number of aliphatic carboxylic acids is 1. The van der Waals surface area contributed by atoms with Gasteiger partial charge in [-0.3, -0.25) is 4.79 Å². The average molecular weight is 755 g/mol. The molecule has 1 unspecified atom stereocenters. The second kappa shape index (κ2) is 13.9. The quantitative estimate of drug-likeness (QED) is 0.171. The van der Waals surface area contributed by atoms with Crippen LogP contribution in [-0.2, 0) is 14.6 Å². The Balaban J connectivity index is 1.08. The van der Waals surface area contributed by atoms with Gasteiger partial charge in [-0.05, 0) is 171 Å². The Morgan fingerprint density at radius 2 is 1.68 bits per heavy atom. The molecule has 1 heterocycles. The summed E-state index contributed by atoms with van der Waals surface area (Å²) >= 11 is 0. The van der Waals surface area contributed by atoms with Crippen LogP contribution in [0.5, 0.6) is 0 Å². The number of carbonyl (C=O) groups is 1. The molecule has 5 fully saturated rings. The standard InChI is InChI=1S/C45H71FN2O4S/c1-31(2)33-13-20-45(30-47-23-8-24-48-25-27-53(51,52)28-26-48)22-21-42(6)35(38(33)45)9-10-37-41(5)16-14-34(40(3,4)36(41)15-17-43(37,42)7)32-11-18-44(29-46,19-12-32)39(49)50/h11,14,33,35-38,47H,1,8-10,12-13,15-30H2,2-7H3,(H,49,50)/t33-,35+,36-,37+,38+,41-,42+,43+,44+,45?/m0/s1. The van der Waals surface area contributed by atoms with Crippen molar-refractivity contribution in [3.63, 3.8) is 0 Å². The number of hydrogen-bond acceptors (Lipinski definition) is 5. The number of fused-ring (bicyclic) bond motifs is 7. The smallest absolute Gasteiger partial charge is 0.312 e. The molecular formula is C45H71FN2O4S. The first-order valence-corrected chi connectivity index (χ1v) is 23.2. The first-order valence-electron chi connectivity index (χ1n) is 21.4. The summed E-state index contributed by atoms with van der Waals surface area (Å²) in [7, 11) is -2.84. The molecule has 7 aliphatic rings. The average Bonchev–Trinajstić information content (AvgIpc) is 3.49. The highest BCUT2D eigenvalue weighted by Gasteiger charge is 2.70. The zero-order chi connectivity index (χ0) is 38.2. The van der Waals surface area contributed by atoms with Gasteiger partial charge in [0.2, 0.25) is 0 Å². The predicted molar refractivity (Wildman–Crippen MR) is 213 cm³/mol. The van der Waals surface area contributed by atoms with Crippen LogP contribution >= 0.6 is 0 Å². The van der Waals surface area contributed by atoms with E-state index in [4.69, 9.17) is 0 Å². The normalized spacial score (nSPS) is 44.8. The number of rotatable bonds is 10. The van der Waals surface area contributed by atoms with Crippen molar-refractivity contribution < 1.29 is 22.7 Å². The van der Waals surface area contributed by atoms with E-state index in [2.05, 4.69) is 70.5 Å². The molecule has 53 heavy (non-hydrogen) atoms. The van der Waals surface area contributed by atoms with Crippen LogP contribution in [0.1, 0.15) is 125 Å². The third kappa shape index (κ3) is 6.28. The zero-order valence-corrected chi connectivity index (χ0v) is 34.8. The Morgan fingerprint density at radius 1 is 0.943 bits per heavy atom. The highest BCUT2D eigenvalue weighted by Crippen LogP contribution is 2.77. The van der Waals surface area contributed by atoms with Gasteiger partial charge < -0.3 is 15.3 Å². The van der Waals surface area contributed by atoms with Gasteiger partial charge in [-0.1, -0.05) is 58.9 Å². The summed E-state index contributed by atoms with van der Waals surface area (Å²) in [6.45, 7) is 23.5. The van der Waals surface area contributed by atoms with Crippen LogP contribution in [0, 0.1) is 62.1 Å². The molecule has 4 saturated carbocycles. The highest BCUT2D eigenvalue weighted by atomic mass is 32.2. The molecule has 0 aromatic carbocycles. The molecule has 0 aromatic rings. The van der Waals surface area contributed by atoms with Gasteiger partial charge in [0.05, 0.1) is 16.9 Å². The fourth-order valence-corrected chi connectivity index (χ4v) is 16.3. The van der Waals surface area contributed by atoms with E-state index in [1.807, 2.05) is 0 Å². The number of carboxylic acid groups (broad SMARTS) is 1. The van der Waals surface area contributed by atoms with E-state index in [0.29, 0.717) is 78.9 Å². The van der Waals surface area contributed by atoms with Crippen molar-refractivity contribution in [2.24, 2.45) is 62.1 Å². The van der Waals surface area contributed by atoms with E-state index in [1.54, 1.807) is 0 Å². The molecule has 0 aromatic heterocycles. The number of allylic oxidation sites excluding steroid dienone is 5. The first-order chi connectivity index (χ1) is 24.9. The Kier molecular flexibility index (Phi) is 10.4. The topological polar surface area (TPSA) is 86.7 Å². The summed E-state index contributed by atoms with van der Waals surface area (Å²) in [5, 5.41) is 13.8. The molecule has 0 amide bonds. The maximum atomic E-state index is 14.0. The Bertz CT molecular complexity index is 1620. The lowest BCUT2D eigenvalue weighted by atomic mass is 9.32. The molecule has 7 rings (SSSR count). The number of nitrogens with zero attached hydrogens (tertiary/aromatic N) is 1. The SMILES string of the molecule is C=C(C)[C@@H]1CCC2(CNCCCN3CCS(=O)(=O)CC3)CC[C@]3(C)[C@H](CC[C@@H]4[C@@]5(C)CC=C(C6=CC[C@@](CF)(C(=O)O)CC6)C(C)(C)[C@@H]5CC[C@]43C)[C@@H]12. The van der Waals surface area contributed by atoms with E-state index in [9.17, 15) is 22.7 Å². The number of nitrogens with one attached hydrogen (secondary N) is 1. The van der Waals surface area contributed by atoms with Crippen LogP contribution < -0.4 is 5.32 Å². The lowest BCUT2D eigenvalue weighted by Gasteiger charge is -2.72. The lowest BCUT2D eigenvalue weighted by Crippen LogP contribution is -2.66. The molecule has 0 radical (unpaired) electrons. The molecule has 6 nitrogen and oxygen atoms in total. The Morgan fingerprint density at radius 3 is 2.32 bits per heavy atom. The monoisotopic (exact) mass is 755 g/mol. The predicted octanol–water partition coefficient (Wildman–Crippen LogP) is 9.04. The molecule has 298 valence electrons. The van der Waals surface area contributed by atoms with Crippen molar-refractivity contribution in [3.8, 4) is 0 Å². The van der Waals surface area contributed by atoms with E-state index < -0.39 is 27.9 Å². The summed E-state index contributed by atoms with van der Waals surface area (Å²) in [5.74, 6) is 2.83. The second-order valence-electron chi connectivity index (χ2n) is 20.8. The van der Waals surface area contributed by atoms with E-state index in [-0.39, 0.29) is 21.7 Å². The van der Waals surface area contributed by atoms with E-state index >= 15 is 0 Å². The van der Waals surface area contributed by atoms with E-state index in [0.717, 1.165) is 32.5 Å². The minimum Gasteiger partial charge on any atom is -0.481 e. The van der Waals surface area contributed by atoms with Crippen molar-refractivity contribution in [1.82, 2.24) is 10.2 Å². The summed E-state index contributed by atoms with van der Waals surface area (Å²) in [6.07, 6.45) is 18.4. The Labute approximate surface area is 321 Å². The summed E-state index contributed by atoms with van der Waals surface area (Å²) in [4.78, 5) is 14.3. The van der Waals surface area contributed by atoms with Crippen molar-refractivity contribution in [1.29, 1.82) is 0 Å². The van der Waals surface area contributed by atoms with Crippen molar-refractivity contribution in [3.05, 3.63) is 35.5 Å². The number of alkyl halides is 1. The third-order valence-electron chi connectivity index (χ3n) is 18.2. The molecule has 2 N–H and O–H groups in total. The number of halogens is 1. The highest BCUT2D eigenvalue weighted by molar-refractivity contribution is 7.91. The first kappa shape index (κ1) is 39.7. The van der Waals surface area contributed by atoms with Crippen molar-refractivity contribution in [2.45, 2.75) is 125 Å². The molecule has 1 saturated heterocycles. The molecule has 6 aliphatic carbocycles. The zero-order valence-electron chi connectivity index (χ0n) is 34.0. The maximum absolute atomic E-state index is 14.0. The fraction of sp³-hybridized carbons (Fsp3) is 0.844. The number of carboxylic acids is 1. The number of hydrogen-bond donors (Lipinski definition) is 2.